The largest absolute Gasteiger partial charge is 0.357 e. The maximum Gasteiger partial charge on any atom is 0.223 e. The van der Waals surface area contributed by atoms with Crippen LogP contribution in [-0.4, -0.2) is 74.0 Å². The lowest BCUT2D eigenvalue weighted by Crippen LogP contribution is -2.43. The Labute approximate surface area is 211 Å². The first-order valence-electron chi connectivity index (χ1n) is 12.2. The average molecular weight is 556 g/mol. The third kappa shape index (κ3) is 8.89. The standard InChI is InChI=1S/C25H41N5O.HI/c1-3-26-25(27-15-17-29(2)23-12-8-5-9-13-23)28-19-22-18-24(31)30(20-22)16-14-21-10-6-4-7-11-21;/h4,6-7,10-11,22-23H,3,5,8-9,12-20H2,1-2H3,(H2,26,27,28);1H. The normalized spacial score (nSPS) is 19.8. The molecule has 1 atom stereocenters. The molecule has 1 unspecified atom stereocenters. The Kier molecular flexibility index (Phi) is 12.4. The number of hydrogen-bond acceptors (Lipinski definition) is 3. The lowest BCUT2D eigenvalue weighted by atomic mass is 9.94. The van der Waals surface area contributed by atoms with Gasteiger partial charge in [-0.15, -0.1) is 24.0 Å². The van der Waals surface area contributed by atoms with E-state index in [2.05, 4.69) is 53.8 Å². The average Bonchev–Trinajstić information content (AvgIpc) is 3.16. The first-order valence-corrected chi connectivity index (χ1v) is 12.2. The fourth-order valence-corrected chi connectivity index (χ4v) is 4.72. The van der Waals surface area contributed by atoms with Gasteiger partial charge in [0.25, 0.3) is 0 Å². The van der Waals surface area contributed by atoms with Gasteiger partial charge in [-0.2, -0.15) is 0 Å². The molecule has 1 saturated heterocycles. The molecule has 2 aliphatic rings. The fourth-order valence-electron chi connectivity index (χ4n) is 4.72. The van der Waals surface area contributed by atoms with Crippen LogP contribution in [0.15, 0.2) is 35.3 Å². The summed E-state index contributed by atoms with van der Waals surface area (Å²) in [5.41, 5.74) is 1.29. The van der Waals surface area contributed by atoms with E-state index in [-0.39, 0.29) is 29.9 Å². The second kappa shape index (κ2) is 14.7. The van der Waals surface area contributed by atoms with E-state index in [9.17, 15) is 4.79 Å². The van der Waals surface area contributed by atoms with E-state index in [0.717, 1.165) is 51.1 Å². The van der Waals surface area contributed by atoms with Crippen molar-refractivity contribution < 1.29 is 4.79 Å². The number of halogens is 1. The van der Waals surface area contributed by atoms with Crippen molar-refractivity contribution in [3.63, 3.8) is 0 Å². The number of benzene rings is 1. The number of rotatable bonds is 10. The van der Waals surface area contributed by atoms with E-state index < -0.39 is 0 Å². The number of amides is 1. The number of carbonyl (C=O) groups excluding carboxylic acids is 1. The summed E-state index contributed by atoms with van der Waals surface area (Å²) < 4.78 is 0. The molecule has 2 fully saturated rings. The van der Waals surface area contributed by atoms with Crippen molar-refractivity contribution in [1.29, 1.82) is 0 Å². The lowest BCUT2D eigenvalue weighted by molar-refractivity contribution is -0.127. The molecule has 0 aromatic heterocycles. The number of guanidine groups is 1. The number of nitrogens with zero attached hydrogens (tertiary/aromatic N) is 3. The van der Waals surface area contributed by atoms with E-state index >= 15 is 0 Å². The zero-order valence-electron chi connectivity index (χ0n) is 19.9. The molecule has 6 nitrogen and oxygen atoms in total. The van der Waals surface area contributed by atoms with Crippen LogP contribution in [-0.2, 0) is 11.2 Å². The van der Waals surface area contributed by atoms with Crippen molar-refractivity contribution in [2.24, 2.45) is 10.9 Å². The van der Waals surface area contributed by atoms with Gasteiger partial charge in [0.15, 0.2) is 5.96 Å². The molecular formula is C25H42IN5O. The second-order valence-corrected chi connectivity index (χ2v) is 9.06. The summed E-state index contributed by atoms with van der Waals surface area (Å²) in [5, 5.41) is 6.83. The maximum atomic E-state index is 12.4. The minimum atomic E-state index is 0. The number of likely N-dealkylation sites (tertiary alicyclic amines) is 1. The molecule has 1 aliphatic carbocycles. The van der Waals surface area contributed by atoms with Crippen LogP contribution >= 0.6 is 24.0 Å². The first kappa shape index (κ1) is 26.9. The molecule has 32 heavy (non-hydrogen) atoms. The molecule has 180 valence electrons. The lowest BCUT2D eigenvalue weighted by Gasteiger charge is -2.31. The maximum absolute atomic E-state index is 12.4. The van der Waals surface area contributed by atoms with Crippen LogP contribution in [0.2, 0.25) is 0 Å². The number of nitrogens with one attached hydrogen (secondary N) is 2. The van der Waals surface area contributed by atoms with Crippen LogP contribution in [0.5, 0.6) is 0 Å². The summed E-state index contributed by atoms with van der Waals surface area (Å²) in [5.74, 6) is 1.45. The fraction of sp³-hybridized carbons (Fsp3) is 0.680. The van der Waals surface area contributed by atoms with Gasteiger partial charge in [0.05, 0.1) is 0 Å². The van der Waals surface area contributed by atoms with Crippen LogP contribution in [0.3, 0.4) is 0 Å². The van der Waals surface area contributed by atoms with Gasteiger partial charge in [0.1, 0.15) is 0 Å². The molecule has 1 heterocycles. The van der Waals surface area contributed by atoms with Gasteiger partial charge in [0, 0.05) is 57.6 Å². The third-order valence-corrected chi connectivity index (χ3v) is 6.61. The van der Waals surface area contributed by atoms with Gasteiger partial charge in [0.2, 0.25) is 5.91 Å². The highest BCUT2D eigenvalue weighted by Gasteiger charge is 2.29. The summed E-state index contributed by atoms with van der Waals surface area (Å²) in [4.78, 5) is 21.7. The SMILES string of the molecule is CCNC(=NCC1CC(=O)N(CCc2ccccc2)C1)NCCN(C)C1CCCCC1.I. The molecule has 2 N–H and O–H groups in total. The highest BCUT2D eigenvalue weighted by molar-refractivity contribution is 14.0. The Bertz CT molecular complexity index is 693. The number of carbonyl (C=O) groups is 1. The quantitative estimate of drug-likeness (QED) is 0.264. The Morgan fingerprint density at radius 3 is 2.62 bits per heavy atom. The van der Waals surface area contributed by atoms with Crippen molar-refractivity contribution in [2.45, 2.75) is 57.9 Å². The monoisotopic (exact) mass is 555 g/mol. The highest BCUT2D eigenvalue weighted by Crippen LogP contribution is 2.21. The van der Waals surface area contributed by atoms with Gasteiger partial charge in [-0.05, 0) is 38.8 Å². The van der Waals surface area contributed by atoms with Crippen LogP contribution in [0.25, 0.3) is 0 Å². The van der Waals surface area contributed by atoms with E-state index in [0.29, 0.717) is 18.9 Å². The molecule has 1 aromatic carbocycles. The summed E-state index contributed by atoms with van der Waals surface area (Å²) >= 11 is 0. The zero-order chi connectivity index (χ0) is 21.9. The van der Waals surface area contributed by atoms with Gasteiger partial charge in [-0.25, -0.2) is 0 Å². The van der Waals surface area contributed by atoms with Crippen LogP contribution in [0.1, 0.15) is 51.0 Å². The predicted molar refractivity (Wildman–Crippen MR) is 144 cm³/mol. The zero-order valence-corrected chi connectivity index (χ0v) is 22.2. The van der Waals surface area contributed by atoms with Gasteiger partial charge in [-0.1, -0.05) is 49.6 Å². The van der Waals surface area contributed by atoms with E-state index in [1.807, 2.05) is 11.0 Å². The van der Waals surface area contributed by atoms with E-state index in [4.69, 9.17) is 4.99 Å². The second-order valence-electron chi connectivity index (χ2n) is 9.06. The summed E-state index contributed by atoms with van der Waals surface area (Å²) in [6.07, 6.45) is 8.34. The molecule has 0 radical (unpaired) electrons. The number of aliphatic imine (C=N–C) groups is 1. The summed E-state index contributed by atoms with van der Waals surface area (Å²) in [6, 6.07) is 11.1. The van der Waals surface area contributed by atoms with Crippen molar-refractivity contribution in [2.75, 3.05) is 46.3 Å². The molecule has 3 rings (SSSR count). The molecule has 1 amide bonds. The van der Waals surface area contributed by atoms with Crippen molar-refractivity contribution in [1.82, 2.24) is 20.4 Å². The highest BCUT2D eigenvalue weighted by atomic mass is 127. The van der Waals surface area contributed by atoms with Crippen molar-refractivity contribution >= 4 is 35.8 Å². The van der Waals surface area contributed by atoms with Gasteiger partial charge in [-0.3, -0.25) is 9.79 Å². The van der Waals surface area contributed by atoms with Crippen molar-refractivity contribution in [3.8, 4) is 0 Å². The molecule has 7 heteroatoms. The van der Waals surface area contributed by atoms with Crippen LogP contribution < -0.4 is 10.6 Å². The minimum absolute atomic E-state index is 0. The van der Waals surface area contributed by atoms with E-state index in [1.165, 1.54) is 37.7 Å². The smallest absolute Gasteiger partial charge is 0.223 e. The molecule has 0 bridgehead atoms. The van der Waals surface area contributed by atoms with Gasteiger partial charge >= 0.3 is 0 Å². The predicted octanol–water partition coefficient (Wildman–Crippen LogP) is 3.52. The number of hydrogen-bond donors (Lipinski definition) is 2. The molecular weight excluding hydrogens is 513 g/mol. The van der Waals surface area contributed by atoms with Crippen LogP contribution in [0.4, 0.5) is 0 Å². The molecule has 0 spiro atoms. The van der Waals surface area contributed by atoms with E-state index in [1.54, 1.807) is 0 Å². The minimum Gasteiger partial charge on any atom is -0.357 e. The molecule has 1 aromatic rings. The molecule has 1 saturated carbocycles. The Morgan fingerprint density at radius 2 is 1.91 bits per heavy atom. The topological polar surface area (TPSA) is 60.0 Å². The molecule has 1 aliphatic heterocycles. The van der Waals surface area contributed by atoms with Gasteiger partial charge < -0.3 is 20.4 Å². The third-order valence-electron chi connectivity index (χ3n) is 6.61. The summed E-state index contributed by atoms with van der Waals surface area (Å²) in [6.45, 7) is 7.18. The Hall–Kier alpha value is -1.35. The first-order chi connectivity index (χ1) is 15.2. The summed E-state index contributed by atoms with van der Waals surface area (Å²) in [7, 11) is 2.25. The Morgan fingerprint density at radius 1 is 1.16 bits per heavy atom. The Balaban J connectivity index is 0.00000363. The van der Waals surface area contributed by atoms with Crippen LogP contribution in [0, 0.1) is 5.92 Å². The van der Waals surface area contributed by atoms with Crippen molar-refractivity contribution in [3.05, 3.63) is 35.9 Å². The number of likely N-dealkylation sites (N-methyl/N-ethyl adjacent to an activating group) is 1.